The Balaban J connectivity index is 1.60. The van der Waals surface area contributed by atoms with Gasteiger partial charge in [-0.15, -0.1) is 11.3 Å². The number of carbonyl (C=O) groups is 1. The number of halogens is 3. The fourth-order valence-electron chi connectivity index (χ4n) is 5.55. The molecule has 1 aliphatic rings. The number of hydrogen-bond acceptors (Lipinski definition) is 8. The van der Waals surface area contributed by atoms with Crippen molar-refractivity contribution in [3.05, 3.63) is 76.7 Å². The molecule has 0 bridgehead atoms. The molecule has 3 aromatic rings. The molecular weight excluding hydrogens is 668 g/mol. The summed E-state index contributed by atoms with van der Waals surface area (Å²) >= 11 is 1.08. The quantitative estimate of drug-likeness (QED) is 0.261. The standard InChI is InChI=1S/C34H44F3N3O6S2/c1-23-19-40(24(2)22-41)33(42)29-18-28(38-48(43,44)32-9-7-17-47-32)14-15-30(29)46-25(3)8-5-6-16-45-31(23)21-39(4)20-26-10-12-27(13-11-26)34(35,36)37/h7,9-15,17-18,23-25,31,38,41H,5-6,8,16,19-22H2,1-4H3/t23-,24-,25+,31+/m1/s1. The van der Waals surface area contributed by atoms with Gasteiger partial charge in [0.15, 0.2) is 0 Å². The molecule has 264 valence electrons. The number of carbonyl (C=O) groups excluding carboxylic acids is 1. The molecule has 48 heavy (non-hydrogen) atoms. The summed E-state index contributed by atoms with van der Waals surface area (Å²) in [6.07, 6.45) is -2.73. The van der Waals surface area contributed by atoms with Gasteiger partial charge in [-0.25, -0.2) is 8.42 Å². The van der Waals surface area contributed by atoms with Crippen molar-refractivity contribution in [2.45, 2.75) is 75.2 Å². The Labute approximate surface area is 284 Å². The summed E-state index contributed by atoms with van der Waals surface area (Å²) in [6.45, 7) is 6.81. The lowest BCUT2D eigenvalue weighted by Gasteiger charge is -2.36. The van der Waals surface area contributed by atoms with Crippen molar-refractivity contribution in [1.82, 2.24) is 9.80 Å². The van der Waals surface area contributed by atoms with Crippen LogP contribution < -0.4 is 9.46 Å². The van der Waals surface area contributed by atoms with Crippen LogP contribution in [0.15, 0.2) is 64.2 Å². The van der Waals surface area contributed by atoms with Crippen LogP contribution in [-0.4, -0.2) is 80.8 Å². The lowest BCUT2D eigenvalue weighted by atomic mass is 10.0. The third-order valence-corrected chi connectivity index (χ3v) is 11.1. The summed E-state index contributed by atoms with van der Waals surface area (Å²) in [5.74, 6) is -0.336. The highest BCUT2D eigenvalue weighted by Crippen LogP contribution is 2.31. The van der Waals surface area contributed by atoms with Crippen LogP contribution in [-0.2, 0) is 27.5 Å². The predicted molar refractivity (Wildman–Crippen MR) is 180 cm³/mol. The van der Waals surface area contributed by atoms with Gasteiger partial charge in [0.25, 0.3) is 15.9 Å². The number of benzene rings is 2. The third kappa shape index (κ3) is 10.2. The second-order valence-corrected chi connectivity index (χ2v) is 15.3. The molecule has 2 N–H and O–H groups in total. The number of likely N-dealkylation sites (N-methyl/N-ethyl adjacent to an activating group) is 1. The zero-order chi connectivity index (χ0) is 35.1. The second-order valence-electron chi connectivity index (χ2n) is 12.4. The molecule has 0 fully saturated rings. The molecule has 0 saturated carbocycles. The number of aliphatic hydroxyl groups excluding tert-OH is 1. The van der Waals surface area contributed by atoms with Gasteiger partial charge >= 0.3 is 6.18 Å². The van der Waals surface area contributed by atoms with Gasteiger partial charge in [-0.2, -0.15) is 13.2 Å². The average molecular weight is 712 g/mol. The highest BCUT2D eigenvalue weighted by atomic mass is 32.2. The van der Waals surface area contributed by atoms with E-state index in [0.717, 1.165) is 41.9 Å². The Morgan fingerprint density at radius 1 is 1.12 bits per heavy atom. The van der Waals surface area contributed by atoms with Crippen molar-refractivity contribution in [2.24, 2.45) is 5.92 Å². The maximum absolute atomic E-state index is 14.3. The topological polar surface area (TPSA) is 108 Å². The number of anilines is 1. The number of amides is 1. The van der Waals surface area contributed by atoms with Gasteiger partial charge in [0.1, 0.15) is 9.96 Å². The van der Waals surface area contributed by atoms with Crippen LogP contribution in [0.3, 0.4) is 0 Å². The van der Waals surface area contributed by atoms with E-state index in [1.54, 1.807) is 35.4 Å². The molecule has 9 nitrogen and oxygen atoms in total. The van der Waals surface area contributed by atoms with Crippen molar-refractivity contribution >= 4 is 33.0 Å². The Bertz CT molecular complexity index is 1590. The Hall–Kier alpha value is -3.17. The maximum Gasteiger partial charge on any atom is 0.416 e. The van der Waals surface area contributed by atoms with E-state index in [4.69, 9.17) is 9.47 Å². The van der Waals surface area contributed by atoms with Crippen LogP contribution >= 0.6 is 11.3 Å². The number of thiophene rings is 1. The number of aliphatic hydroxyl groups is 1. The van der Waals surface area contributed by atoms with Gasteiger partial charge in [0.05, 0.1) is 36.0 Å². The normalized spacial score (nSPS) is 20.9. The summed E-state index contributed by atoms with van der Waals surface area (Å²) in [5, 5.41) is 11.8. The first-order valence-electron chi connectivity index (χ1n) is 15.9. The first kappa shape index (κ1) is 37.6. The number of sulfonamides is 1. The second kappa shape index (κ2) is 16.5. The van der Waals surface area contributed by atoms with Crippen LogP contribution in [0.4, 0.5) is 18.9 Å². The highest BCUT2D eigenvalue weighted by Gasteiger charge is 2.32. The number of hydrogen-bond donors (Lipinski definition) is 2. The molecule has 0 saturated heterocycles. The van der Waals surface area contributed by atoms with E-state index in [2.05, 4.69) is 4.72 Å². The van der Waals surface area contributed by atoms with Crippen LogP contribution in [0, 0.1) is 5.92 Å². The van der Waals surface area contributed by atoms with Crippen molar-refractivity contribution in [2.75, 3.05) is 38.1 Å². The number of nitrogens with one attached hydrogen (secondary N) is 1. The van der Waals surface area contributed by atoms with Crippen molar-refractivity contribution in [3.8, 4) is 5.75 Å². The van der Waals surface area contributed by atoms with Gasteiger partial charge < -0.3 is 19.5 Å². The van der Waals surface area contributed by atoms with Gasteiger partial charge in [0, 0.05) is 37.8 Å². The molecular formula is C34H44F3N3O6S2. The van der Waals surface area contributed by atoms with E-state index < -0.39 is 33.7 Å². The number of alkyl halides is 3. The largest absolute Gasteiger partial charge is 0.490 e. The molecule has 1 amide bonds. The van der Waals surface area contributed by atoms with Crippen LogP contribution in [0.5, 0.6) is 5.75 Å². The lowest BCUT2D eigenvalue weighted by molar-refractivity contribution is -0.137. The van der Waals surface area contributed by atoms with Crippen LogP contribution in [0.1, 0.15) is 61.5 Å². The predicted octanol–water partition coefficient (Wildman–Crippen LogP) is 6.50. The van der Waals surface area contributed by atoms with Gasteiger partial charge in [-0.05, 0) is 87.5 Å². The molecule has 4 atom stereocenters. The van der Waals surface area contributed by atoms with E-state index in [1.165, 1.54) is 24.3 Å². The summed E-state index contributed by atoms with van der Waals surface area (Å²) in [5.41, 5.74) is 0.382. The molecule has 0 spiro atoms. The lowest BCUT2D eigenvalue weighted by Crippen LogP contribution is -2.47. The molecule has 0 aliphatic carbocycles. The van der Waals surface area contributed by atoms with E-state index in [1.807, 2.05) is 25.8 Å². The molecule has 2 heterocycles. The monoisotopic (exact) mass is 711 g/mol. The fraction of sp³-hybridized carbons (Fsp3) is 0.500. The van der Waals surface area contributed by atoms with Crippen molar-refractivity contribution in [1.29, 1.82) is 0 Å². The molecule has 1 aliphatic heterocycles. The zero-order valence-electron chi connectivity index (χ0n) is 27.6. The average Bonchev–Trinajstić information content (AvgIpc) is 3.59. The summed E-state index contributed by atoms with van der Waals surface area (Å²) in [7, 11) is -2.01. The zero-order valence-corrected chi connectivity index (χ0v) is 29.2. The smallest absolute Gasteiger partial charge is 0.416 e. The maximum atomic E-state index is 14.3. The molecule has 4 rings (SSSR count). The van der Waals surface area contributed by atoms with Crippen LogP contribution in [0.25, 0.3) is 0 Å². The fourth-order valence-corrected chi connectivity index (χ4v) is 7.60. The van der Waals surface area contributed by atoms with E-state index >= 15 is 0 Å². The Morgan fingerprint density at radius 2 is 1.85 bits per heavy atom. The third-order valence-electron chi connectivity index (χ3n) is 8.29. The number of fused-ring (bicyclic) bond motifs is 1. The Morgan fingerprint density at radius 3 is 2.50 bits per heavy atom. The molecule has 14 heteroatoms. The van der Waals surface area contributed by atoms with Crippen molar-refractivity contribution < 1.29 is 41.0 Å². The minimum absolute atomic E-state index is 0.137. The summed E-state index contributed by atoms with van der Waals surface area (Å²) < 4.78 is 80.4. The summed E-state index contributed by atoms with van der Waals surface area (Å²) in [4.78, 5) is 17.8. The number of rotatable bonds is 9. The Kier molecular flexibility index (Phi) is 12.9. The van der Waals surface area contributed by atoms with Crippen LogP contribution in [0.2, 0.25) is 0 Å². The highest BCUT2D eigenvalue weighted by molar-refractivity contribution is 7.94. The van der Waals surface area contributed by atoms with Gasteiger partial charge in [-0.3, -0.25) is 14.4 Å². The summed E-state index contributed by atoms with van der Waals surface area (Å²) in [6, 6.07) is 12.3. The molecule has 2 aromatic carbocycles. The minimum Gasteiger partial charge on any atom is -0.490 e. The van der Waals surface area contributed by atoms with Gasteiger partial charge in [0.2, 0.25) is 0 Å². The molecule has 0 radical (unpaired) electrons. The first-order chi connectivity index (χ1) is 22.7. The SMILES string of the molecule is C[C@@H]1CN([C@H](C)CO)C(=O)c2cc(NS(=O)(=O)c3cccs3)ccc2O[C@@H](C)CCCCO[C@H]1CN(C)Cc1ccc(C(F)(F)F)cc1. The van der Waals surface area contributed by atoms with E-state index in [0.29, 0.717) is 31.9 Å². The van der Waals surface area contributed by atoms with Crippen molar-refractivity contribution in [3.63, 3.8) is 0 Å². The van der Waals surface area contributed by atoms with E-state index in [9.17, 15) is 31.5 Å². The van der Waals surface area contributed by atoms with E-state index in [-0.39, 0.29) is 46.7 Å². The number of nitrogens with zero attached hydrogens (tertiary/aromatic N) is 2. The molecule has 0 unspecified atom stereocenters. The minimum atomic E-state index is -4.40. The first-order valence-corrected chi connectivity index (χ1v) is 18.3. The molecule has 1 aromatic heterocycles. The number of ether oxygens (including phenoxy) is 2. The van der Waals surface area contributed by atoms with Gasteiger partial charge in [-0.1, -0.05) is 25.1 Å².